The van der Waals surface area contributed by atoms with Crippen molar-refractivity contribution in [2.24, 2.45) is 0 Å². The molecule has 0 saturated heterocycles. The third-order valence-corrected chi connectivity index (χ3v) is 13.3. The van der Waals surface area contributed by atoms with E-state index in [1.165, 1.54) is 73.0 Å². The minimum atomic E-state index is -5.17. The lowest BCUT2D eigenvalue weighted by Crippen LogP contribution is -3.00. The molecule has 0 fully saturated rings. The van der Waals surface area contributed by atoms with Crippen LogP contribution in [0.25, 0.3) is 33.0 Å². The van der Waals surface area contributed by atoms with E-state index in [1.54, 1.807) is 0 Å². The summed E-state index contributed by atoms with van der Waals surface area (Å²) in [6, 6.07) is 50.8. The van der Waals surface area contributed by atoms with Gasteiger partial charge in [0.05, 0.1) is 11.0 Å². The minimum Gasteiger partial charge on any atom is -1.00 e. The fourth-order valence-corrected chi connectivity index (χ4v) is 9.10. The minimum absolute atomic E-state index is 0. The number of fused-ring (bicyclic) bond motifs is 2. The predicted molar refractivity (Wildman–Crippen MR) is 343 cm³/mol. The van der Waals surface area contributed by atoms with Gasteiger partial charge in [0.2, 0.25) is 0 Å². The number of nitrogens with zero attached hydrogens (tertiary/aromatic N) is 6. The summed E-state index contributed by atoms with van der Waals surface area (Å²) in [6.07, 6.45) is 17.8. The summed E-state index contributed by atoms with van der Waals surface area (Å²) in [5, 5.41) is 2.18. The molecule has 7 aromatic rings. The van der Waals surface area contributed by atoms with E-state index < -0.39 is 20.8 Å². The first-order chi connectivity index (χ1) is 39.3. The summed E-state index contributed by atoms with van der Waals surface area (Å²) < 4.78 is 70.2. The van der Waals surface area contributed by atoms with Crippen molar-refractivity contribution in [1.82, 2.24) is 4.98 Å². The van der Waals surface area contributed by atoms with Crippen LogP contribution in [0.3, 0.4) is 0 Å². The number of hydrogen-bond acceptors (Lipinski definition) is 12. The molecule has 0 aliphatic heterocycles. The first-order valence-electron chi connectivity index (χ1n) is 26.9. The van der Waals surface area contributed by atoms with Crippen molar-refractivity contribution in [3.8, 4) is 0 Å². The molecular formula is C65H76ClN8O8S2-. The van der Waals surface area contributed by atoms with Gasteiger partial charge in [-0.25, -0.2) is 14.1 Å². The summed E-state index contributed by atoms with van der Waals surface area (Å²) in [7, 11) is 2.58. The molecule has 0 bridgehead atoms. The van der Waals surface area contributed by atoms with Gasteiger partial charge in [0.15, 0.2) is 11.4 Å². The van der Waals surface area contributed by atoms with Crippen LogP contribution in [0, 0.1) is 0 Å². The van der Waals surface area contributed by atoms with Crippen molar-refractivity contribution >= 4 is 93.6 Å². The number of nitrogens with two attached hydrogens (primary N) is 2. The number of halogens is 1. The fraction of sp³-hybridized carbons (Fsp3) is 0.215. The van der Waals surface area contributed by atoms with E-state index in [4.69, 9.17) is 46.5 Å². The molecule has 0 atom stereocenters. The molecule has 9 rings (SSSR count). The van der Waals surface area contributed by atoms with Gasteiger partial charge in [-0.1, -0.05) is 78.9 Å². The van der Waals surface area contributed by atoms with Gasteiger partial charge < -0.3 is 47.7 Å². The van der Waals surface area contributed by atoms with Crippen LogP contribution in [0.2, 0.25) is 0 Å². The molecule has 16 nitrogen and oxygen atoms in total. The van der Waals surface area contributed by atoms with E-state index in [0.29, 0.717) is 0 Å². The van der Waals surface area contributed by atoms with E-state index in [-0.39, 0.29) is 12.4 Å². The van der Waals surface area contributed by atoms with Gasteiger partial charge in [0, 0.05) is 115 Å². The van der Waals surface area contributed by atoms with Crippen LogP contribution in [0.15, 0.2) is 205 Å². The molecule has 2 aliphatic rings. The SMILES string of the molecule is CCN(CC)c1ccc(C(=C2C=CC(=[N+](CC)CC)C=C2)c2ccccc2)cc1.CN(C)c1ccc(C(=C2C=CC(=[N+](C)C)C=C2)c2ccc(N(C)C)cc2)cc1.Nc1ccc2cc3ccc(N)cc3nc2c1.O=S(=O)(O)O.O=S(=O)([O-])[O-].[Cl-]. The Labute approximate surface area is 502 Å². The summed E-state index contributed by atoms with van der Waals surface area (Å²) in [6.45, 7) is 12.9. The number of pyridine rings is 1. The molecule has 0 radical (unpaired) electrons. The van der Waals surface area contributed by atoms with Gasteiger partial charge in [0.25, 0.3) is 0 Å². The third kappa shape index (κ3) is 21.2. The summed E-state index contributed by atoms with van der Waals surface area (Å²) >= 11 is 0. The van der Waals surface area contributed by atoms with Crippen LogP contribution < -0.4 is 38.6 Å². The Hall–Kier alpha value is -8.20. The molecule has 84 heavy (non-hydrogen) atoms. The molecule has 0 unspecified atom stereocenters. The second-order valence-electron chi connectivity index (χ2n) is 19.6. The van der Waals surface area contributed by atoms with E-state index >= 15 is 0 Å². The normalized spacial score (nSPS) is 12.3. The molecule has 19 heteroatoms. The van der Waals surface area contributed by atoms with Gasteiger partial charge in [-0.3, -0.25) is 17.5 Å². The highest BCUT2D eigenvalue weighted by molar-refractivity contribution is 7.80. The van der Waals surface area contributed by atoms with Gasteiger partial charge in [-0.2, -0.15) is 8.42 Å². The first-order valence-corrected chi connectivity index (χ1v) is 29.6. The maximum Gasteiger partial charge on any atom is 0.394 e. The van der Waals surface area contributed by atoms with Crippen molar-refractivity contribution in [1.29, 1.82) is 0 Å². The average Bonchev–Trinajstić information content (AvgIpc) is 3.59. The highest BCUT2D eigenvalue weighted by atomic mass is 35.5. The zero-order chi connectivity index (χ0) is 61.0. The monoisotopic (exact) mass is 1200 g/mol. The van der Waals surface area contributed by atoms with Crippen molar-refractivity contribution in [3.05, 3.63) is 228 Å². The number of rotatable bonds is 11. The maximum absolute atomic E-state index is 8.74. The summed E-state index contributed by atoms with van der Waals surface area (Å²) in [5.41, 5.74) is 30.8. The third-order valence-electron chi connectivity index (χ3n) is 13.3. The molecule has 0 saturated carbocycles. The van der Waals surface area contributed by atoms with Crippen molar-refractivity contribution in [2.45, 2.75) is 27.7 Å². The van der Waals surface area contributed by atoms with Gasteiger partial charge in [-0.05, 0) is 163 Å². The lowest BCUT2D eigenvalue weighted by atomic mass is 9.90. The number of aromatic nitrogens is 1. The number of allylic oxidation sites excluding steroid dienone is 10. The zero-order valence-corrected chi connectivity index (χ0v) is 51.6. The van der Waals surface area contributed by atoms with E-state index in [2.05, 4.69) is 257 Å². The van der Waals surface area contributed by atoms with Crippen LogP contribution in [-0.2, 0) is 20.8 Å². The topological polar surface area (TPSA) is 236 Å². The smallest absolute Gasteiger partial charge is 0.394 e. The first kappa shape index (κ1) is 68.3. The lowest BCUT2D eigenvalue weighted by Gasteiger charge is -2.22. The van der Waals surface area contributed by atoms with E-state index in [1.807, 2.05) is 36.4 Å². The molecule has 444 valence electrons. The Morgan fingerprint density at radius 1 is 0.500 bits per heavy atom. The van der Waals surface area contributed by atoms with Crippen molar-refractivity contribution < 1.29 is 56.6 Å². The van der Waals surface area contributed by atoms with Gasteiger partial charge >= 0.3 is 10.4 Å². The van der Waals surface area contributed by atoms with Crippen LogP contribution in [0.5, 0.6) is 0 Å². The van der Waals surface area contributed by atoms with Crippen LogP contribution in [0.4, 0.5) is 28.4 Å². The number of anilines is 5. The van der Waals surface area contributed by atoms with Crippen LogP contribution in [-0.4, -0.2) is 129 Å². The largest absolute Gasteiger partial charge is 1.00 e. The molecule has 0 amide bonds. The summed E-state index contributed by atoms with van der Waals surface area (Å²) in [5.74, 6) is 0. The molecular weight excluding hydrogens is 1120 g/mol. The number of nitrogen functional groups attached to an aromatic ring is 2. The Morgan fingerprint density at radius 2 is 0.833 bits per heavy atom. The molecule has 0 spiro atoms. The highest BCUT2D eigenvalue weighted by Gasteiger charge is 2.16. The second kappa shape index (κ2) is 32.0. The molecule has 6 aromatic carbocycles. The van der Waals surface area contributed by atoms with Crippen LogP contribution in [0.1, 0.15) is 49.9 Å². The van der Waals surface area contributed by atoms with Crippen LogP contribution >= 0.6 is 0 Å². The molecule has 6 N–H and O–H groups in total. The Kier molecular flexibility index (Phi) is 26.0. The Morgan fingerprint density at radius 3 is 1.15 bits per heavy atom. The Balaban J connectivity index is 0.000000255. The fourth-order valence-electron chi connectivity index (χ4n) is 9.10. The summed E-state index contributed by atoms with van der Waals surface area (Å²) in [4.78, 5) is 11.2. The second-order valence-corrected chi connectivity index (χ2v) is 21.3. The zero-order valence-electron chi connectivity index (χ0n) is 49.2. The standard InChI is InChI=1S/C27H33N2.C25H30N3.C13H11N3.ClH.2H2O4S/c1-5-28(6-2)25-18-14-23(15-19-25)27(22-12-10-9-11-13-22)24-16-20-26(21-17-24)29(7-3)8-4;1-26(2)22-13-7-19(8-14-22)25(20-9-15-23(16-10-20)27(3)4)21-11-17-24(18-12-21)28(5)6;14-10-3-1-8-5-9-2-4-11(15)7-13(9)16-12(8)6-10;;2*1-5(2,3)4/h9-21H,5-8H2,1-4H3;7-18H,1-6H3;1-7H,14-15H2;1H;2*(H2,1,2,3,4)/q2*+1;;;;/p-3. The van der Waals surface area contributed by atoms with E-state index in [0.717, 1.165) is 59.4 Å². The van der Waals surface area contributed by atoms with E-state index in [9.17, 15) is 0 Å². The van der Waals surface area contributed by atoms with Crippen molar-refractivity contribution in [3.63, 3.8) is 0 Å². The number of benzene rings is 6. The highest BCUT2D eigenvalue weighted by Crippen LogP contribution is 2.33. The van der Waals surface area contributed by atoms with Crippen molar-refractivity contribution in [2.75, 3.05) is 94.6 Å². The maximum atomic E-state index is 8.74. The quantitative estimate of drug-likeness (QED) is 0.0316. The predicted octanol–water partition coefficient (Wildman–Crippen LogP) is 7.98. The average molecular weight is 1200 g/mol. The van der Waals surface area contributed by atoms with Gasteiger partial charge in [0.1, 0.15) is 27.2 Å². The number of hydrogen-bond donors (Lipinski definition) is 4. The lowest BCUT2D eigenvalue weighted by molar-refractivity contribution is -0.519. The molecule has 1 heterocycles. The molecule has 2 aliphatic carbocycles. The Bertz CT molecular complexity index is 3630. The van der Waals surface area contributed by atoms with Gasteiger partial charge in [-0.15, -0.1) is 0 Å². The molecule has 1 aromatic heterocycles.